The molecule has 22 heavy (non-hydrogen) atoms. The minimum absolute atomic E-state index is 0.0896. The second-order valence-electron chi connectivity index (χ2n) is 7.10. The predicted molar refractivity (Wildman–Crippen MR) is 89.2 cm³/mol. The average Bonchev–Trinajstić information content (AvgIpc) is 2.52. The van der Waals surface area contributed by atoms with Gasteiger partial charge in [-0.2, -0.15) is 0 Å². The van der Waals surface area contributed by atoms with E-state index in [9.17, 15) is 9.90 Å². The molecule has 1 aliphatic rings. The number of hydrogen-bond donors (Lipinski definition) is 2. The van der Waals surface area contributed by atoms with Crippen molar-refractivity contribution in [2.24, 2.45) is 23.7 Å². The van der Waals surface area contributed by atoms with Gasteiger partial charge in [-0.05, 0) is 36.2 Å². The molecule has 1 aromatic rings. The molecular formula is C19H29NO2. The van der Waals surface area contributed by atoms with Gasteiger partial charge in [0.2, 0.25) is 5.91 Å². The van der Waals surface area contributed by atoms with Gasteiger partial charge in [0.25, 0.3) is 0 Å². The van der Waals surface area contributed by atoms with Crippen LogP contribution in [-0.2, 0) is 4.79 Å². The van der Waals surface area contributed by atoms with Gasteiger partial charge in [-0.3, -0.25) is 4.79 Å². The number of nitrogens with one attached hydrogen (secondary N) is 1. The van der Waals surface area contributed by atoms with Crippen LogP contribution in [0.15, 0.2) is 30.3 Å². The van der Waals surface area contributed by atoms with Crippen molar-refractivity contribution in [3.8, 4) is 0 Å². The first-order chi connectivity index (χ1) is 10.5. The van der Waals surface area contributed by atoms with Crippen LogP contribution in [0.1, 0.15) is 51.7 Å². The smallest absolute Gasteiger partial charge is 0.223 e. The molecule has 122 valence electrons. The zero-order valence-corrected chi connectivity index (χ0v) is 14.0. The van der Waals surface area contributed by atoms with Gasteiger partial charge >= 0.3 is 0 Å². The molecule has 1 aliphatic carbocycles. The van der Waals surface area contributed by atoms with Gasteiger partial charge in [-0.1, -0.05) is 57.5 Å². The molecule has 3 nitrogen and oxygen atoms in total. The fourth-order valence-corrected chi connectivity index (χ4v) is 3.63. The van der Waals surface area contributed by atoms with Crippen LogP contribution < -0.4 is 5.32 Å². The number of carbonyl (C=O) groups excluding carboxylic acids is 1. The van der Waals surface area contributed by atoms with Gasteiger partial charge in [-0.25, -0.2) is 0 Å². The minimum atomic E-state index is -0.635. The topological polar surface area (TPSA) is 49.3 Å². The highest BCUT2D eigenvalue weighted by Gasteiger charge is 2.35. The van der Waals surface area contributed by atoms with Crippen molar-refractivity contribution in [2.75, 3.05) is 6.54 Å². The van der Waals surface area contributed by atoms with Crippen molar-refractivity contribution in [3.63, 3.8) is 0 Å². The van der Waals surface area contributed by atoms with Gasteiger partial charge in [0.15, 0.2) is 0 Å². The van der Waals surface area contributed by atoms with Crippen LogP contribution in [0, 0.1) is 23.7 Å². The van der Waals surface area contributed by atoms with Gasteiger partial charge in [0, 0.05) is 12.5 Å². The molecule has 0 spiro atoms. The molecular weight excluding hydrogens is 274 g/mol. The zero-order chi connectivity index (χ0) is 16.1. The van der Waals surface area contributed by atoms with E-state index in [1.54, 1.807) is 0 Å². The lowest BCUT2D eigenvalue weighted by molar-refractivity contribution is -0.129. The first-order valence-electron chi connectivity index (χ1n) is 8.49. The normalized spacial score (nSPS) is 26.7. The number of rotatable bonds is 5. The van der Waals surface area contributed by atoms with Gasteiger partial charge in [0.05, 0.1) is 6.10 Å². The summed E-state index contributed by atoms with van der Waals surface area (Å²) in [5.41, 5.74) is 0.847. The SMILES string of the molecule is CC1CCC(C(C)C)C(C(=O)NCC(O)c2ccccc2)C1. The second kappa shape index (κ2) is 7.77. The molecule has 4 atom stereocenters. The fourth-order valence-electron chi connectivity index (χ4n) is 3.63. The highest BCUT2D eigenvalue weighted by atomic mass is 16.3. The van der Waals surface area contributed by atoms with E-state index in [2.05, 4.69) is 26.1 Å². The molecule has 1 amide bonds. The Morgan fingerprint density at radius 2 is 1.95 bits per heavy atom. The Morgan fingerprint density at radius 3 is 2.59 bits per heavy atom. The minimum Gasteiger partial charge on any atom is -0.387 e. The zero-order valence-electron chi connectivity index (χ0n) is 14.0. The third-order valence-corrected chi connectivity index (χ3v) is 5.01. The van der Waals surface area contributed by atoms with Crippen molar-refractivity contribution in [3.05, 3.63) is 35.9 Å². The maximum atomic E-state index is 12.6. The predicted octanol–water partition coefficient (Wildman–Crippen LogP) is 3.54. The Hall–Kier alpha value is -1.35. The molecule has 4 unspecified atom stereocenters. The number of aliphatic hydroxyl groups is 1. The van der Waals surface area contributed by atoms with E-state index in [0.717, 1.165) is 18.4 Å². The van der Waals surface area contributed by atoms with Gasteiger partial charge < -0.3 is 10.4 Å². The molecule has 1 saturated carbocycles. The summed E-state index contributed by atoms with van der Waals surface area (Å²) < 4.78 is 0. The van der Waals surface area contributed by atoms with Gasteiger partial charge in [0.1, 0.15) is 0 Å². The number of benzene rings is 1. The first-order valence-corrected chi connectivity index (χ1v) is 8.49. The standard InChI is InChI=1S/C19H29NO2/c1-13(2)16-10-9-14(3)11-17(16)19(22)20-12-18(21)15-7-5-4-6-8-15/h4-8,13-14,16-18,21H,9-12H2,1-3H3,(H,20,22). The quantitative estimate of drug-likeness (QED) is 0.874. The summed E-state index contributed by atoms with van der Waals surface area (Å²) in [6.45, 7) is 6.94. The molecule has 0 radical (unpaired) electrons. The van der Waals surface area contributed by atoms with Crippen LogP contribution in [0.2, 0.25) is 0 Å². The Labute approximate surface area is 134 Å². The number of aliphatic hydroxyl groups excluding tert-OH is 1. The maximum Gasteiger partial charge on any atom is 0.223 e. The monoisotopic (exact) mass is 303 g/mol. The highest BCUT2D eigenvalue weighted by Crippen LogP contribution is 2.38. The number of carbonyl (C=O) groups is 1. The molecule has 3 heteroatoms. The second-order valence-corrected chi connectivity index (χ2v) is 7.10. The van der Waals surface area contributed by atoms with E-state index in [1.165, 1.54) is 6.42 Å². The van der Waals surface area contributed by atoms with Crippen molar-refractivity contribution >= 4 is 5.91 Å². The van der Waals surface area contributed by atoms with E-state index in [4.69, 9.17) is 0 Å². The maximum absolute atomic E-state index is 12.6. The van der Waals surface area contributed by atoms with Crippen molar-refractivity contribution in [1.29, 1.82) is 0 Å². The lowest BCUT2D eigenvalue weighted by atomic mass is 9.70. The molecule has 0 saturated heterocycles. The van der Waals surface area contributed by atoms with Crippen LogP contribution in [0.4, 0.5) is 0 Å². The molecule has 0 aliphatic heterocycles. The molecule has 0 bridgehead atoms. The summed E-state index contributed by atoms with van der Waals surface area (Å²) in [6.07, 6.45) is 2.69. The van der Waals surface area contributed by atoms with E-state index in [1.807, 2.05) is 30.3 Å². The van der Waals surface area contributed by atoms with Crippen LogP contribution in [0.3, 0.4) is 0 Å². The summed E-state index contributed by atoms with van der Waals surface area (Å²) in [4.78, 5) is 12.6. The first kappa shape index (κ1) is 17.0. The van der Waals surface area contributed by atoms with E-state index < -0.39 is 6.10 Å². The van der Waals surface area contributed by atoms with E-state index >= 15 is 0 Å². The molecule has 0 heterocycles. The van der Waals surface area contributed by atoms with E-state index in [0.29, 0.717) is 24.3 Å². The summed E-state index contributed by atoms with van der Waals surface area (Å²) in [6, 6.07) is 9.49. The van der Waals surface area contributed by atoms with Crippen molar-refractivity contribution < 1.29 is 9.90 Å². The van der Waals surface area contributed by atoms with Crippen LogP contribution in [0.5, 0.6) is 0 Å². The number of amides is 1. The lowest BCUT2D eigenvalue weighted by Crippen LogP contribution is -2.41. The lowest BCUT2D eigenvalue weighted by Gasteiger charge is -2.36. The van der Waals surface area contributed by atoms with Crippen molar-refractivity contribution in [2.45, 2.75) is 46.1 Å². The number of hydrogen-bond acceptors (Lipinski definition) is 2. The third-order valence-electron chi connectivity index (χ3n) is 5.01. The molecule has 2 rings (SSSR count). The largest absolute Gasteiger partial charge is 0.387 e. The Balaban J connectivity index is 1.92. The Kier molecular flexibility index (Phi) is 6.01. The molecule has 2 N–H and O–H groups in total. The summed E-state index contributed by atoms with van der Waals surface area (Å²) in [7, 11) is 0. The van der Waals surface area contributed by atoms with E-state index in [-0.39, 0.29) is 11.8 Å². The molecule has 0 aromatic heterocycles. The molecule has 1 fully saturated rings. The fraction of sp³-hybridized carbons (Fsp3) is 0.632. The summed E-state index contributed by atoms with van der Waals surface area (Å²) in [5, 5.41) is 13.1. The van der Waals surface area contributed by atoms with Crippen molar-refractivity contribution in [1.82, 2.24) is 5.32 Å². The summed E-state index contributed by atoms with van der Waals surface area (Å²) in [5.74, 6) is 1.81. The highest BCUT2D eigenvalue weighted by molar-refractivity contribution is 5.79. The van der Waals surface area contributed by atoms with Crippen LogP contribution in [-0.4, -0.2) is 17.6 Å². The van der Waals surface area contributed by atoms with Crippen LogP contribution in [0.25, 0.3) is 0 Å². The van der Waals surface area contributed by atoms with Gasteiger partial charge in [-0.15, -0.1) is 0 Å². The van der Waals surface area contributed by atoms with Crippen LogP contribution >= 0.6 is 0 Å². The third kappa shape index (κ3) is 4.33. The molecule has 1 aromatic carbocycles. The Bertz CT molecular complexity index is 472. The summed E-state index contributed by atoms with van der Waals surface area (Å²) >= 11 is 0. The Morgan fingerprint density at radius 1 is 1.27 bits per heavy atom. The average molecular weight is 303 g/mol.